The van der Waals surface area contributed by atoms with Gasteiger partial charge in [0.25, 0.3) is 0 Å². The maximum atomic E-state index is 12.7. The minimum Gasteiger partial charge on any atom is -0.376 e. The number of carbonyl (C=O) groups is 1. The Balaban J connectivity index is 1.64. The lowest BCUT2D eigenvalue weighted by Crippen LogP contribution is -2.45. The van der Waals surface area contributed by atoms with Crippen LogP contribution in [0.1, 0.15) is 24.0 Å². The van der Waals surface area contributed by atoms with Crippen LogP contribution in [0.2, 0.25) is 0 Å². The molecule has 2 aromatic rings. The van der Waals surface area contributed by atoms with Gasteiger partial charge in [-0.1, -0.05) is 72.8 Å². The molecule has 1 saturated carbocycles. The summed E-state index contributed by atoms with van der Waals surface area (Å²) in [6.45, 7) is 10.2. The van der Waals surface area contributed by atoms with Crippen molar-refractivity contribution in [2.24, 2.45) is 5.92 Å². The number of ether oxygens (including phenoxy) is 2. The average molecular weight is 435 g/mol. The fourth-order valence-electron chi connectivity index (χ4n) is 4.17. The molecule has 0 heterocycles. The molecule has 3 rings (SSSR count). The minimum absolute atomic E-state index is 0.0236. The van der Waals surface area contributed by atoms with Crippen molar-refractivity contribution in [3.8, 4) is 0 Å². The van der Waals surface area contributed by atoms with E-state index < -0.39 is 0 Å². The topological polar surface area (TPSA) is 50.8 Å². The molecule has 0 aromatic heterocycles. The van der Waals surface area contributed by atoms with Crippen LogP contribution in [-0.2, 0) is 22.7 Å². The number of nitrogens with one attached hydrogen (secondary N) is 1. The Bertz CT molecular complexity index is 840. The first kappa shape index (κ1) is 23.8. The fourth-order valence-corrected chi connectivity index (χ4v) is 4.17. The van der Waals surface area contributed by atoms with E-state index in [0.29, 0.717) is 32.9 Å². The Labute approximate surface area is 191 Å². The Morgan fingerprint density at radius 1 is 0.969 bits per heavy atom. The SMILES string of the molecule is C=CCNC(=O)N(CC=C)[C@@H]1C[C@H](COCc2ccccc2)[C@@H](OCc2ccccc2)C1. The van der Waals surface area contributed by atoms with E-state index in [0.717, 1.165) is 24.0 Å². The van der Waals surface area contributed by atoms with Gasteiger partial charge in [-0.15, -0.1) is 13.2 Å². The van der Waals surface area contributed by atoms with Crippen LogP contribution >= 0.6 is 0 Å². The van der Waals surface area contributed by atoms with Gasteiger partial charge in [-0.3, -0.25) is 0 Å². The summed E-state index contributed by atoms with van der Waals surface area (Å²) in [6.07, 6.45) is 5.10. The molecule has 1 aliphatic carbocycles. The van der Waals surface area contributed by atoms with Gasteiger partial charge < -0.3 is 19.7 Å². The molecule has 1 fully saturated rings. The van der Waals surface area contributed by atoms with Crippen LogP contribution in [0.3, 0.4) is 0 Å². The van der Waals surface area contributed by atoms with Crippen molar-refractivity contribution in [3.05, 3.63) is 97.1 Å². The average Bonchev–Trinajstić information content (AvgIpc) is 3.23. The lowest BCUT2D eigenvalue weighted by atomic mass is 10.1. The third-order valence-electron chi connectivity index (χ3n) is 5.78. The van der Waals surface area contributed by atoms with Gasteiger partial charge in [-0.05, 0) is 24.0 Å². The molecule has 170 valence electrons. The first-order valence-electron chi connectivity index (χ1n) is 11.2. The number of nitrogens with zero attached hydrogens (tertiary/aromatic N) is 1. The van der Waals surface area contributed by atoms with Crippen LogP contribution in [-0.4, -0.2) is 42.8 Å². The van der Waals surface area contributed by atoms with Crippen LogP contribution in [0.4, 0.5) is 4.79 Å². The first-order chi connectivity index (χ1) is 15.7. The summed E-state index contributed by atoms with van der Waals surface area (Å²) in [6, 6.07) is 20.3. The second-order valence-electron chi connectivity index (χ2n) is 8.14. The third-order valence-corrected chi connectivity index (χ3v) is 5.78. The monoisotopic (exact) mass is 434 g/mol. The van der Waals surface area contributed by atoms with Gasteiger partial charge in [0.1, 0.15) is 0 Å². The van der Waals surface area contributed by atoms with Crippen LogP contribution in [0.5, 0.6) is 0 Å². The Morgan fingerprint density at radius 2 is 1.62 bits per heavy atom. The summed E-state index contributed by atoms with van der Waals surface area (Å²) < 4.78 is 12.4. The van der Waals surface area contributed by atoms with E-state index in [2.05, 4.69) is 42.7 Å². The van der Waals surface area contributed by atoms with E-state index in [1.165, 1.54) is 0 Å². The highest BCUT2D eigenvalue weighted by molar-refractivity contribution is 5.75. The van der Waals surface area contributed by atoms with Crippen LogP contribution in [0.15, 0.2) is 86.0 Å². The molecule has 5 heteroatoms. The second-order valence-corrected chi connectivity index (χ2v) is 8.14. The first-order valence-corrected chi connectivity index (χ1v) is 11.2. The van der Waals surface area contributed by atoms with Crippen LogP contribution in [0, 0.1) is 5.92 Å². The largest absolute Gasteiger partial charge is 0.376 e. The van der Waals surface area contributed by atoms with E-state index in [1.54, 1.807) is 12.2 Å². The van der Waals surface area contributed by atoms with Crippen molar-refractivity contribution in [2.75, 3.05) is 19.7 Å². The summed E-state index contributed by atoms with van der Waals surface area (Å²) in [4.78, 5) is 14.6. The zero-order valence-corrected chi connectivity index (χ0v) is 18.7. The molecule has 32 heavy (non-hydrogen) atoms. The molecular formula is C27H34N2O3. The predicted molar refractivity (Wildman–Crippen MR) is 128 cm³/mol. The van der Waals surface area contributed by atoms with Crippen molar-refractivity contribution < 1.29 is 14.3 Å². The molecule has 1 N–H and O–H groups in total. The Morgan fingerprint density at radius 3 is 2.25 bits per heavy atom. The summed E-state index contributed by atoms with van der Waals surface area (Å²) in [5.41, 5.74) is 2.30. The van der Waals surface area contributed by atoms with Gasteiger partial charge in [0.2, 0.25) is 0 Å². The smallest absolute Gasteiger partial charge is 0.318 e. The van der Waals surface area contributed by atoms with E-state index in [-0.39, 0.29) is 24.1 Å². The molecule has 0 spiro atoms. The number of hydrogen-bond acceptors (Lipinski definition) is 3. The highest BCUT2D eigenvalue weighted by Gasteiger charge is 2.39. The molecule has 0 radical (unpaired) electrons. The second kappa shape index (κ2) is 12.8. The van der Waals surface area contributed by atoms with Crippen molar-refractivity contribution >= 4 is 6.03 Å². The standard InChI is InChI=1S/C27H34N2O3/c1-3-15-28-27(30)29(16-4-2)25-17-24(21-31-19-22-11-7-5-8-12-22)26(18-25)32-20-23-13-9-6-10-14-23/h3-14,24-26H,1-2,15-21H2,(H,28,30)/t24-,25-,26+/m1/s1. The molecule has 0 bridgehead atoms. The zero-order chi connectivity index (χ0) is 22.6. The predicted octanol–water partition coefficient (Wildman–Crippen LogP) is 4.95. The number of benzene rings is 2. The maximum absolute atomic E-state index is 12.7. The van der Waals surface area contributed by atoms with Crippen LogP contribution in [0.25, 0.3) is 0 Å². The molecule has 0 saturated heterocycles. The van der Waals surface area contributed by atoms with Gasteiger partial charge in [0.15, 0.2) is 0 Å². The summed E-state index contributed by atoms with van der Waals surface area (Å²) in [7, 11) is 0. The Kier molecular flexibility index (Phi) is 9.54. The van der Waals surface area contributed by atoms with Gasteiger partial charge in [0.05, 0.1) is 25.9 Å². The molecule has 3 atom stereocenters. The van der Waals surface area contributed by atoms with Crippen molar-refractivity contribution in [1.82, 2.24) is 10.2 Å². The van der Waals surface area contributed by atoms with Crippen LogP contribution < -0.4 is 5.32 Å². The number of amides is 2. The highest BCUT2D eigenvalue weighted by atomic mass is 16.5. The van der Waals surface area contributed by atoms with Gasteiger partial charge in [0, 0.05) is 25.0 Å². The molecule has 2 aromatic carbocycles. The van der Waals surface area contributed by atoms with Gasteiger partial charge in [-0.2, -0.15) is 0 Å². The number of rotatable bonds is 12. The minimum atomic E-state index is -0.0949. The van der Waals surface area contributed by atoms with Crippen molar-refractivity contribution in [3.63, 3.8) is 0 Å². The normalized spacial score (nSPS) is 19.9. The van der Waals surface area contributed by atoms with Crippen molar-refractivity contribution in [1.29, 1.82) is 0 Å². The summed E-state index contributed by atoms with van der Waals surface area (Å²) in [5, 5.41) is 2.90. The quantitative estimate of drug-likeness (QED) is 0.481. The number of hydrogen-bond donors (Lipinski definition) is 1. The third kappa shape index (κ3) is 7.08. The van der Waals surface area contributed by atoms with E-state index in [4.69, 9.17) is 9.47 Å². The van der Waals surface area contributed by atoms with Crippen molar-refractivity contribution in [2.45, 2.75) is 38.2 Å². The molecular weight excluding hydrogens is 400 g/mol. The van der Waals surface area contributed by atoms with E-state index in [9.17, 15) is 4.79 Å². The highest BCUT2D eigenvalue weighted by Crippen LogP contribution is 2.33. The molecule has 5 nitrogen and oxygen atoms in total. The summed E-state index contributed by atoms with van der Waals surface area (Å²) in [5.74, 6) is 0.215. The van der Waals surface area contributed by atoms with E-state index >= 15 is 0 Å². The molecule has 0 aliphatic heterocycles. The van der Waals surface area contributed by atoms with E-state index in [1.807, 2.05) is 41.3 Å². The molecule has 0 unspecified atom stereocenters. The maximum Gasteiger partial charge on any atom is 0.318 e. The lowest BCUT2D eigenvalue weighted by molar-refractivity contribution is -0.0191. The lowest BCUT2D eigenvalue weighted by Gasteiger charge is -2.28. The summed E-state index contributed by atoms with van der Waals surface area (Å²) >= 11 is 0. The number of urea groups is 1. The molecule has 2 amide bonds. The van der Waals surface area contributed by atoms with Gasteiger partial charge >= 0.3 is 6.03 Å². The number of carbonyl (C=O) groups excluding carboxylic acids is 1. The van der Waals surface area contributed by atoms with Gasteiger partial charge in [-0.25, -0.2) is 4.79 Å². The zero-order valence-electron chi connectivity index (χ0n) is 18.7. The Hall–Kier alpha value is -2.89. The molecule has 1 aliphatic rings. The fraction of sp³-hybridized carbons (Fsp3) is 0.370.